The van der Waals surface area contributed by atoms with Crippen molar-refractivity contribution in [2.24, 2.45) is 0 Å². The lowest BCUT2D eigenvalue weighted by Crippen LogP contribution is -2.31. The van der Waals surface area contributed by atoms with E-state index in [1.807, 2.05) is 18.5 Å². The summed E-state index contributed by atoms with van der Waals surface area (Å²) in [6.45, 7) is 5.66. The minimum Gasteiger partial charge on any atom is -0.291 e. The van der Waals surface area contributed by atoms with E-state index >= 15 is 0 Å². The summed E-state index contributed by atoms with van der Waals surface area (Å²) in [6, 6.07) is 2.90. The van der Waals surface area contributed by atoms with Gasteiger partial charge in [0.15, 0.2) is 0 Å². The van der Waals surface area contributed by atoms with Crippen molar-refractivity contribution in [1.29, 1.82) is 0 Å². The predicted octanol–water partition coefficient (Wildman–Crippen LogP) is 2.02. The van der Waals surface area contributed by atoms with Gasteiger partial charge in [0.05, 0.1) is 6.04 Å². The van der Waals surface area contributed by atoms with Gasteiger partial charge in [-0.15, -0.1) is 0 Å². The summed E-state index contributed by atoms with van der Waals surface area (Å²) >= 11 is 0. The smallest absolute Gasteiger partial charge is 0.145 e. The maximum atomic E-state index is 4.34. The van der Waals surface area contributed by atoms with E-state index in [-0.39, 0.29) is 0 Å². The lowest BCUT2D eigenvalue weighted by Gasteiger charge is -2.26. The number of hydrogen-bond acceptors (Lipinski definition) is 3. The van der Waals surface area contributed by atoms with E-state index < -0.39 is 0 Å². The first-order chi connectivity index (χ1) is 6.79. The van der Waals surface area contributed by atoms with E-state index in [0.717, 1.165) is 5.82 Å². The van der Waals surface area contributed by atoms with Gasteiger partial charge < -0.3 is 0 Å². The van der Waals surface area contributed by atoms with Gasteiger partial charge in [0, 0.05) is 18.4 Å². The number of hydrogen-bond donors (Lipinski definition) is 0. The summed E-state index contributed by atoms with van der Waals surface area (Å²) in [6.07, 6.45) is 6.13. The van der Waals surface area contributed by atoms with Gasteiger partial charge in [0.25, 0.3) is 0 Å². The molecule has 1 aliphatic rings. The molecule has 0 bridgehead atoms. The zero-order valence-corrected chi connectivity index (χ0v) is 8.85. The van der Waals surface area contributed by atoms with Crippen molar-refractivity contribution in [3.05, 3.63) is 24.3 Å². The molecule has 0 amide bonds. The molecule has 1 fully saturated rings. The van der Waals surface area contributed by atoms with Gasteiger partial charge in [0.2, 0.25) is 0 Å². The van der Waals surface area contributed by atoms with Crippen molar-refractivity contribution in [2.75, 3.05) is 6.54 Å². The zero-order valence-electron chi connectivity index (χ0n) is 8.85. The molecule has 0 spiro atoms. The second kappa shape index (κ2) is 4.05. The van der Waals surface area contributed by atoms with Crippen LogP contribution in [0.4, 0.5) is 0 Å². The Morgan fingerprint density at radius 1 is 1.36 bits per heavy atom. The van der Waals surface area contributed by atoms with Crippen molar-refractivity contribution >= 4 is 0 Å². The average Bonchev–Trinajstić information content (AvgIpc) is 2.67. The fourth-order valence-corrected chi connectivity index (χ4v) is 2.17. The molecule has 1 saturated heterocycles. The van der Waals surface area contributed by atoms with Gasteiger partial charge in [-0.1, -0.05) is 0 Å². The lowest BCUT2D eigenvalue weighted by atomic mass is 10.2. The van der Waals surface area contributed by atoms with Gasteiger partial charge in [-0.25, -0.2) is 9.97 Å². The Bertz CT molecular complexity index is 284. The maximum Gasteiger partial charge on any atom is 0.145 e. The molecule has 1 atom stereocenters. The third kappa shape index (κ3) is 1.77. The van der Waals surface area contributed by atoms with Crippen LogP contribution >= 0.6 is 0 Å². The standard InChI is InChI=1S/C11H17N3/c1-9(2)14-8-3-5-10(14)11-12-6-4-7-13-11/h4,6-7,9-10H,3,5,8H2,1-2H3. The third-order valence-corrected chi connectivity index (χ3v) is 2.84. The van der Waals surface area contributed by atoms with Crippen LogP contribution in [0.15, 0.2) is 18.5 Å². The number of nitrogens with zero attached hydrogens (tertiary/aromatic N) is 3. The van der Waals surface area contributed by atoms with E-state index in [1.54, 1.807) is 0 Å². The van der Waals surface area contributed by atoms with Crippen LogP contribution in [0.1, 0.15) is 38.6 Å². The minimum atomic E-state index is 0.441. The molecule has 3 nitrogen and oxygen atoms in total. The molecule has 2 rings (SSSR count). The Balaban J connectivity index is 2.18. The summed E-state index contributed by atoms with van der Waals surface area (Å²) in [5, 5.41) is 0. The molecule has 1 aromatic heterocycles. The first-order valence-electron chi connectivity index (χ1n) is 5.31. The fourth-order valence-electron chi connectivity index (χ4n) is 2.17. The molecule has 0 aliphatic carbocycles. The maximum absolute atomic E-state index is 4.34. The lowest BCUT2D eigenvalue weighted by molar-refractivity contribution is 0.198. The van der Waals surface area contributed by atoms with Crippen LogP contribution in [0.5, 0.6) is 0 Å². The van der Waals surface area contributed by atoms with Crippen LogP contribution in [0.3, 0.4) is 0 Å². The SMILES string of the molecule is CC(C)N1CCCC1c1ncccn1. The minimum absolute atomic E-state index is 0.441. The number of likely N-dealkylation sites (tertiary alicyclic amines) is 1. The molecular weight excluding hydrogens is 174 g/mol. The summed E-state index contributed by atoms with van der Waals surface area (Å²) in [4.78, 5) is 11.2. The molecule has 1 unspecified atom stereocenters. The second-order valence-corrected chi connectivity index (χ2v) is 4.10. The molecular formula is C11H17N3. The highest BCUT2D eigenvalue weighted by Crippen LogP contribution is 2.30. The first kappa shape index (κ1) is 9.59. The van der Waals surface area contributed by atoms with Crippen molar-refractivity contribution in [3.63, 3.8) is 0 Å². The molecule has 0 aromatic carbocycles. The highest BCUT2D eigenvalue weighted by Gasteiger charge is 2.29. The normalized spacial score (nSPS) is 23.2. The highest BCUT2D eigenvalue weighted by atomic mass is 15.2. The van der Waals surface area contributed by atoms with Gasteiger partial charge in [-0.05, 0) is 39.3 Å². The van der Waals surface area contributed by atoms with E-state index in [0.29, 0.717) is 12.1 Å². The summed E-state index contributed by atoms with van der Waals surface area (Å²) in [7, 11) is 0. The molecule has 1 aliphatic heterocycles. The fraction of sp³-hybridized carbons (Fsp3) is 0.636. The Morgan fingerprint density at radius 3 is 2.71 bits per heavy atom. The van der Waals surface area contributed by atoms with Crippen molar-refractivity contribution in [2.45, 2.75) is 38.8 Å². The molecule has 0 N–H and O–H groups in total. The van der Waals surface area contributed by atoms with Crippen LogP contribution in [-0.4, -0.2) is 27.5 Å². The summed E-state index contributed by atoms with van der Waals surface area (Å²) < 4.78 is 0. The van der Waals surface area contributed by atoms with Crippen LogP contribution in [0.2, 0.25) is 0 Å². The predicted molar refractivity (Wildman–Crippen MR) is 55.8 cm³/mol. The molecule has 0 saturated carbocycles. The van der Waals surface area contributed by atoms with Gasteiger partial charge in [-0.3, -0.25) is 4.90 Å². The summed E-state index contributed by atoms with van der Waals surface area (Å²) in [5.41, 5.74) is 0. The van der Waals surface area contributed by atoms with Crippen LogP contribution in [0, 0.1) is 0 Å². The van der Waals surface area contributed by atoms with Crippen LogP contribution < -0.4 is 0 Å². The topological polar surface area (TPSA) is 29.0 Å². The van der Waals surface area contributed by atoms with Gasteiger partial charge >= 0.3 is 0 Å². The van der Waals surface area contributed by atoms with Crippen molar-refractivity contribution < 1.29 is 0 Å². The van der Waals surface area contributed by atoms with Crippen molar-refractivity contribution in [1.82, 2.24) is 14.9 Å². The Hall–Kier alpha value is -0.960. The van der Waals surface area contributed by atoms with E-state index in [9.17, 15) is 0 Å². The van der Waals surface area contributed by atoms with Crippen LogP contribution in [-0.2, 0) is 0 Å². The first-order valence-corrected chi connectivity index (χ1v) is 5.31. The molecule has 2 heterocycles. The van der Waals surface area contributed by atoms with Crippen molar-refractivity contribution in [3.8, 4) is 0 Å². The largest absolute Gasteiger partial charge is 0.291 e. The van der Waals surface area contributed by atoms with Crippen LogP contribution in [0.25, 0.3) is 0 Å². The van der Waals surface area contributed by atoms with E-state index in [1.165, 1.54) is 19.4 Å². The third-order valence-electron chi connectivity index (χ3n) is 2.84. The Morgan fingerprint density at radius 2 is 2.07 bits per heavy atom. The Kier molecular flexibility index (Phi) is 2.77. The highest BCUT2D eigenvalue weighted by molar-refractivity contribution is 4.99. The second-order valence-electron chi connectivity index (χ2n) is 4.10. The quantitative estimate of drug-likeness (QED) is 0.716. The molecule has 76 valence electrons. The van der Waals surface area contributed by atoms with E-state index in [2.05, 4.69) is 28.7 Å². The Labute approximate surface area is 85.2 Å². The molecule has 3 heteroatoms. The summed E-state index contributed by atoms with van der Waals surface area (Å²) in [5.74, 6) is 0.985. The number of aromatic nitrogens is 2. The number of rotatable bonds is 2. The van der Waals surface area contributed by atoms with E-state index in [4.69, 9.17) is 0 Å². The molecule has 14 heavy (non-hydrogen) atoms. The van der Waals surface area contributed by atoms with Gasteiger partial charge in [-0.2, -0.15) is 0 Å². The average molecular weight is 191 g/mol. The zero-order chi connectivity index (χ0) is 9.97. The molecule has 0 radical (unpaired) electrons. The molecule has 1 aromatic rings. The monoisotopic (exact) mass is 191 g/mol. The van der Waals surface area contributed by atoms with Gasteiger partial charge in [0.1, 0.15) is 5.82 Å².